The van der Waals surface area contributed by atoms with Gasteiger partial charge in [0.25, 0.3) is 0 Å². The van der Waals surface area contributed by atoms with Crippen LogP contribution in [0.4, 0.5) is 0 Å². The van der Waals surface area contributed by atoms with Crippen molar-refractivity contribution in [3.8, 4) is 10.6 Å². The van der Waals surface area contributed by atoms with Gasteiger partial charge in [-0.1, -0.05) is 65.4 Å². The Labute approximate surface area is 136 Å². The summed E-state index contributed by atoms with van der Waals surface area (Å²) in [5.74, 6) is 0.829. The van der Waals surface area contributed by atoms with E-state index in [1.165, 1.54) is 0 Å². The van der Waals surface area contributed by atoms with Crippen LogP contribution in [0.25, 0.3) is 15.5 Å². The van der Waals surface area contributed by atoms with E-state index in [1.807, 2.05) is 59.1 Å². The maximum atomic E-state index is 5.92. The normalized spacial score (nSPS) is 11.1. The summed E-state index contributed by atoms with van der Waals surface area (Å²) in [6.45, 7) is 0. The second kappa shape index (κ2) is 5.51. The number of benzene rings is 2. The molecule has 0 saturated heterocycles. The lowest BCUT2D eigenvalue weighted by Crippen LogP contribution is -1.97. The molecule has 6 heteroatoms. The molecule has 0 aliphatic rings. The number of rotatable bonds is 3. The molecule has 0 aliphatic heterocycles. The molecule has 0 N–H and O–H groups in total. The predicted octanol–water partition coefficient (Wildman–Crippen LogP) is 4.10. The molecule has 0 saturated carbocycles. The van der Waals surface area contributed by atoms with Crippen molar-refractivity contribution in [2.24, 2.45) is 0 Å². The van der Waals surface area contributed by atoms with Crippen LogP contribution < -0.4 is 0 Å². The van der Waals surface area contributed by atoms with Crippen LogP contribution >= 0.6 is 22.9 Å². The third kappa shape index (κ3) is 2.49. The van der Waals surface area contributed by atoms with E-state index in [0.717, 1.165) is 31.9 Å². The van der Waals surface area contributed by atoms with Crippen molar-refractivity contribution in [3.05, 3.63) is 71.0 Å². The molecule has 0 spiro atoms. The standard InChI is InChI=1S/C16H11ClN4S/c17-13-8-6-11(7-9-13)10-14-18-19-16-21(14)20-15(22-16)12-4-2-1-3-5-12/h1-9H,10H2. The molecule has 4 aromatic rings. The molecule has 0 aliphatic carbocycles. The van der Waals surface area contributed by atoms with Crippen molar-refractivity contribution in [2.75, 3.05) is 0 Å². The number of halogens is 1. The second-order valence-corrected chi connectivity index (χ2v) is 6.28. The number of hydrogen-bond acceptors (Lipinski definition) is 4. The zero-order valence-corrected chi connectivity index (χ0v) is 13.1. The van der Waals surface area contributed by atoms with Crippen LogP contribution in [0.3, 0.4) is 0 Å². The van der Waals surface area contributed by atoms with E-state index >= 15 is 0 Å². The zero-order chi connectivity index (χ0) is 14.9. The molecule has 0 fully saturated rings. The summed E-state index contributed by atoms with van der Waals surface area (Å²) in [7, 11) is 0. The van der Waals surface area contributed by atoms with Crippen LogP contribution in [0.1, 0.15) is 11.4 Å². The molecule has 2 aromatic carbocycles. The number of fused-ring (bicyclic) bond motifs is 1. The Bertz CT molecular complexity index is 912. The molecule has 2 aromatic heterocycles. The Morgan fingerprint density at radius 2 is 1.73 bits per heavy atom. The SMILES string of the molecule is Clc1ccc(Cc2nnc3sc(-c4ccccc4)nn23)cc1. The van der Waals surface area contributed by atoms with Gasteiger partial charge in [0.05, 0.1) is 0 Å². The summed E-state index contributed by atoms with van der Waals surface area (Å²) in [4.78, 5) is 0.808. The maximum absolute atomic E-state index is 5.92. The van der Waals surface area contributed by atoms with Crippen molar-refractivity contribution in [3.63, 3.8) is 0 Å². The highest BCUT2D eigenvalue weighted by molar-refractivity contribution is 7.19. The van der Waals surface area contributed by atoms with Crippen LogP contribution in [0, 0.1) is 0 Å². The number of nitrogens with zero attached hydrogens (tertiary/aromatic N) is 4. The Balaban J connectivity index is 1.70. The van der Waals surface area contributed by atoms with Gasteiger partial charge in [0, 0.05) is 17.0 Å². The van der Waals surface area contributed by atoms with Crippen molar-refractivity contribution in [1.82, 2.24) is 19.8 Å². The first-order chi connectivity index (χ1) is 10.8. The lowest BCUT2D eigenvalue weighted by Gasteiger charge is -1.98. The molecular formula is C16H11ClN4S. The van der Waals surface area contributed by atoms with Gasteiger partial charge in [-0.3, -0.25) is 0 Å². The summed E-state index contributed by atoms with van der Waals surface area (Å²) < 4.78 is 1.82. The van der Waals surface area contributed by atoms with E-state index < -0.39 is 0 Å². The third-order valence-electron chi connectivity index (χ3n) is 3.35. The first-order valence-electron chi connectivity index (χ1n) is 6.80. The fourth-order valence-corrected chi connectivity index (χ4v) is 3.24. The minimum Gasteiger partial charge on any atom is -0.187 e. The first-order valence-corrected chi connectivity index (χ1v) is 8.00. The topological polar surface area (TPSA) is 43.1 Å². The quantitative estimate of drug-likeness (QED) is 0.569. The summed E-state index contributed by atoms with van der Waals surface area (Å²) in [6.07, 6.45) is 0.677. The predicted molar refractivity (Wildman–Crippen MR) is 88.4 cm³/mol. The molecule has 0 radical (unpaired) electrons. The highest BCUT2D eigenvalue weighted by atomic mass is 35.5. The molecular weight excluding hydrogens is 316 g/mol. The molecule has 0 amide bonds. The summed E-state index contributed by atoms with van der Waals surface area (Å²) in [5.41, 5.74) is 2.23. The van der Waals surface area contributed by atoms with Crippen LogP contribution in [0.5, 0.6) is 0 Å². The summed E-state index contributed by atoms with van der Waals surface area (Å²) >= 11 is 7.46. The Morgan fingerprint density at radius 1 is 0.955 bits per heavy atom. The maximum Gasteiger partial charge on any atom is 0.234 e. The highest BCUT2D eigenvalue weighted by Gasteiger charge is 2.13. The number of aromatic nitrogens is 4. The van der Waals surface area contributed by atoms with Gasteiger partial charge in [-0.05, 0) is 17.7 Å². The number of hydrogen-bond donors (Lipinski definition) is 0. The average Bonchev–Trinajstić information content (AvgIpc) is 3.12. The molecule has 22 heavy (non-hydrogen) atoms. The Kier molecular flexibility index (Phi) is 3.36. The van der Waals surface area contributed by atoms with Crippen LogP contribution in [-0.4, -0.2) is 19.8 Å². The molecule has 0 unspecified atom stereocenters. The largest absolute Gasteiger partial charge is 0.234 e. The molecule has 108 valence electrons. The van der Waals surface area contributed by atoms with Gasteiger partial charge in [-0.15, -0.1) is 10.2 Å². The first kappa shape index (κ1) is 13.4. The van der Waals surface area contributed by atoms with Gasteiger partial charge in [0.15, 0.2) is 5.82 Å². The second-order valence-electron chi connectivity index (χ2n) is 4.89. The zero-order valence-electron chi connectivity index (χ0n) is 11.5. The van der Waals surface area contributed by atoms with Gasteiger partial charge in [0.1, 0.15) is 5.01 Å². The Morgan fingerprint density at radius 3 is 2.50 bits per heavy atom. The molecule has 4 nitrogen and oxygen atoms in total. The van der Waals surface area contributed by atoms with Crippen LogP contribution in [0.15, 0.2) is 54.6 Å². The van der Waals surface area contributed by atoms with Crippen molar-refractivity contribution in [2.45, 2.75) is 6.42 Å². The molecule has 0 atom stereocenters. The molecule has 4 rings (SSSR count). The van der Waals surface area contributed by atoms with Crippen molar-refractivity contribution < 1.29 is 0 Å². The minimum absolute atomic E-state index is 0.677. The summed E-state index contributed by atoms with van der Waals surface area (Å²) in [6, 6.07) is 17.8. The van der Waals surface area contributed by atoms with Crippen LogP contribution in [-0.2, 0) is 6.42 Å². The average molecular weight is 327 g/mol. The van der Waals surface area contributed by atoms with Gasteiger partial charge < -0.3 is 0 Å². The van der Waals surface area contributed by atoms with E-state index in [1.54, 1.807) is 11.3 Å². The monoisotopic (exact) mass is 326 g/mol. The van der Waals surface area contributed by atoms with Gasteiger partial charge in [-0.25, -0.2) is 0 Å². The summed E-state index contributed by atoms with van der Waals surface area (Å²) in [5, 5.41) is 14.8. The molecule has 2 heterocycles. The Hall–Kier alpha value is -2.24. The van der Waals surface area contributed by atoms with Crippen molar-refractivity contribution in [1.29, 1.82) is 0 Å². The van der Waals surface area contributed by atoms with Gasteiger partial charge in [0.2, 0.25) is 4.96 Å². The van der Waals surface area contributed by atoms with E-state index in [9.17, 15) is 0 Å². The van der Waals surface area contributed by atoms with Gasteiger partial charge >= 0.3 is 0 Å². The van der Waals surface area contributed by atoms with E-state index in [0.29, 0.717) is 6.42 Å². The fraction of sp³-hybridized carbons (Fsp3) is 0.0625. The highest BCUT2D eigenvalue weighted by Crippen LogP contribution is 2.25. The minimum atomic E-state index is 0.677. The van der Waals surface area contributed by atoms with Crippen molar-refractivity contribution >= 4 is 27.9 Å². The van der Waals surface area contributed by atoms with E-state index in [-0.39, 0.29) is 0 Å². The lowest BCUT2D eigenvalue weighted by atomic mass is 10.1. The lowest BCUT2D eigenvalue weighted by molar-refractivity contribution is 0.854. The third-order valence-corrected chi connectivity index (χ3v) is 4.55. The molecule has 0 bridgehead atoms. The van der Waals surface area contributed by atoms with E-state index in [2.05, 4.69) is 15.3 Å². The van der Waals surface area contributed by atoms with Gasteiger partial charge in [-0.2, -0.15) is 9.61 Å². The smallest absolute Gasteiger partial charge is 0.187 e. The van der Waals surface area contributed by atoms with Crippen LogP contribution in [0.2, 0.25) is 5.02 Å². The van der Waals surface area contributed by atoms with E-state index in [4.69, 9.17) is 11.6 Å². The fourth-order valence-electron chi connectivity index (χ4n) is 2.25.